The maximum atomic E-state index is 13.9. The van der Waals surface area contributed by atoms with Crippen molar-refractivity contribution in [2.24, 2.45) is 0 Å². The summed E-state index contributed by atoms with van der Waals surface area (Å²) in [5.41, 5.74) is 1.79. The lowest BCUT2D eigenvalue weighted by Gasteiger charge is -2.09. The molecule has 0 amide bonds. The van der Waals surface area contributed by atoms with E-state index in [9.17, 15) is 28.4 Å². The lowest BCUT2D eigenvalue weighted by Crippen LogP contribution is -2.05. The third-order valence-electron chi connectivity index (χ3n) is 4.20. The molecule has 1 aromatic rings. The van der Waals surface area contributed by atoms with Gasteiger partial charge in [0.05, 0.1) is 4.92 Å². The molecule has 29 heavy (non-hydrogen) atoms. The molecule has 1 aromatic carbocycles. The second-order valence-electron chi connectivity index (χ2n) is 7.00. The number of aromatic hydroxyl groups is 1. The fourth-order valence-electron chi connectivity index (χ4n) is 2.51. The lowest BCUT2D eigenvalue weighted by molar-refractivity contribution is -0.389. The Morgan fingerprint density at radius 2 is 1.52 bits per heavy atom. The second kappa shape index (κ2) is 11.3. The van der Waals surface area contributed by atoms with Gasteiger partial charge < -0.3 is 9.84 Å². The van der Waals surface area contributed by atoms with Gasteiger partial charge in [-0.1, -0.05) is 28.9 Å². The predicted molar refractivity (Wildman–Crippen MR) is 106 cm³/mol. The van der Waals surface area contributed by atoms with E-state index >= 15 is 0 Å². The van der Waals surface area contributed by atoms with Crippen molar-refractivity contribution in [3.63, 3.8) is 0 Å². The van der Waals surface area contributed by atoms with Crippen LogP contribution in [0.4, 0.5) is 18.9 Å². The fourth-order valence-corrected chi connectivity index (χ4v) is 2.51. The SMILES string of the molecule is CC(C)=CCC/C(C)=C/CC/C(C)=C/COc1c(F)c(O)c([N+](=O)[O-])c(F)c1F. The van der Waals surface area contributed by atoms with E-state index in [1.165, 1.54) is 11.1 Å². The first kappa shape index (κ1) is 24.3. The van der Waals surface area contributed by atoms with Crippen LogP contribution in [0.25, 0.3) is 0 Å². The van der Waals surface area contributed by atoms with Crippen LogP contribution in [0.2, 0.25) is 0 Å². The molecule has 1 rings (SSSR count). The van der Waals surface area contributed by atoms with E-state index in [4.69, 9.17) is 4.74 Å². The molecular weight excluding hydrogens is 387 g/mol. The zero-order valence-corrected chi connectivity index (χ0v) is 17.0. The van der Waals surface area contributed by atoms with E-state index in [2.05, 4.69) is 32.9 Å². The van der Waals surface area contributed by atoms with Crippen LogP contribution in [0.1, 0.15) is 53.4 Å². The molecule has 160 valence electrons. The van der Waals surface area contributed by atoms with Gasteiger partial charge in [0.1, 0.15) is 6.61 Å². The molecular formula is C21H26F3NO4. The van der Waals surface area contributed by atoms with E-state index < -0.39 is 39.6 Å². The first-order chi connectivity index (χ1) is 13.6. The highest BCUT2D eigenvalue weighted by Crippen LogP contribution is 2.39. The molecule has 1 N–H and O–H groups in total. The first-order valence-electron chi connectivity index (χ1n) is 9.17. The number of hydrogen-bond acceptors (Lipinski definition) is 4. The van der Waals surface area contributed by atoms with Gasteiger partial charge in [-0.3, -0.25) is 10.1 Å². The molecule has 0 spiro atoms. The Morgan fingerprint density at radius 3 is 2.07 bits per heavy atom. The topological polar surface area (TPSA) is 72.6 Å². The van der Waals surface area contributed by atoms with Crippen molar-refractivity contribution in [3.05, 3.63) is 62.5 Å². The van der Waals surface area contributed by atoms with Gasteiger partial charge >= 0.3 is 5.69 Å². The van der Waals surface area contributed by atoms with Crippen LogP contribution < -0.4 is 4.74 Å². The largest absolute Gasteiger partial charge is 0.500 e. The number of nitro benzene ring substituents is 1. The molecule has 0 bridgehead atoms. The molecule has 0 aliphatic rings. The zero-order chi connectivity index (χ0) is 22.1. The van der Waals surface area contributed by atoms with Crippen molar-refractivity contribution in [2.45, 2.75) is 53.4 Å². The van der Waals surface area contributed by atoms with Gasteiger partial charge in [0.25, 0.3) is 0 Å². The maximum Gasteiger partial charge on any atom is 0.352 e. The van der Waals surface area contributed by atoms with Gasteiger partial charge in [-0.2, -0.15) is 13.2 Å². The van der Waals surface area contributed by atoms with Crippen molar-refractivity contribution in [1.82, 2.24) is 0 Å². The van der Waals surface area contributed by atoms with Crippen LogP contribution >= 0.6 is 0 Å². The third kappa shape index (κ3) is 7.29. The average Bonchev–Trinajstić information content (AvgIpc) is 2.62. The van der Waals surface area contributed by atoms with Gasteiger partial charge in [0.2, 0.25) is 23.2 Å². The van der Waals surface area contributed by atoms with Crippen LogP contribution in [0.5, 0.6) is 11.5 Å². The molecule has 0 saturated heterocycles. The maximum absolute atomic E-state index is 13.9. The van der Waals surface area contributed by atoms with Crippen LogP contribution in [0, 0.1) is 27.6 Å². The van der Waals surface area contributed by atoms with Crippen molar-refractivity contribution in [1.29, 1.82) is 0 Å². The quantitative estimate of drug-likeness (QED) is 0.205. The molecule has 0 heterocycles. The molecule has 0 atom stereocenters. The number of hydrogen-bond donors (Lipinski definition) is 1. The summed E-state index contributed by atoms with van der Waals surface area (Å²) in [6.45, 7) is 7.71. The monoisotopic (exact) mass is 413 g/mol. The van der Waals surface area contributed by atoms with E-state index in [0.29, 0.717) is 6.42 Å². The van der Waals surface area contributed by atoms with Crippen molar-refractivity contribution < 1.29 is 27.9 Å². The lowest BCUT2D eigenvalue weighted by atomic mass is 10.1. The molecule has 0 aliphatic carbocycles. The van der Waals surface area contributed by atoms with Crippen molar-refractivity contribution in [2.75, 3.05) is 6.61 Å². The number of nitrogens with zero attached hydrogens (tertiary/aromatic N) is 1. The van der Waals surface area contributed by atoms with Gasteiger partial charge in [-0.05, 0) is 59.5 Å². The first-order valence-corrected chi connectivity index (χ1v) is 9.17. The smallest absolute Gasteiger partial charge is 0.352 e. The summed E-state index contributed by atoms with van der Waals surface area (Å²) in [6.07, 6.45) is 9.33. The number of ether oxygens (including phenoxy) is 1. The Bertz CT molecular complexity index is 812. The Labute approximate surface area is 168 Å². The van der Waals surface area contributed by atoms with Crippen LogP contribution in [-0.4, -0.2) is 16.6 Å². The summed E-state index contributed by atoms with van der Waals surface area (Å²) in [4.78, 5) is 9.21. The minimum atomic E-state index is -1.97. The minimum Gasteiger partial charge on any atom is -0.500 e. The number of rotatable bonds is 10. The molecule has 0 aromatic heterocycles. The summed E-state index contributed by atoms with van der Waals surface area (Å²) in [5.74, 6) is -8.33. The summed E-state index contributed by atoms with van der Waals surface area (Å²) in [5, 5.41) is 20.0. The van der Waals surface area contributed by atoms with Crippen LogP contribution in [-0.2, 0) is 0 Å². The van der Waals surface area contributed by atoms with Crippen LogP contribution in [0.3, 0.4) is 0 Å². The number of halogens is 3. The highest BCUT2D eigenvalue weighted by Gasteiger charge is 2.33. The Kier molecular flexibility index (Phi) is 9.44. The van der Waals surface area contributed by atoms with Gasteiger partial charge in [0, 0.05) is 0 Å². The summed E-state index contributed by atoms with van der Waals surface area (Å²) in [6, 6.07) is 0. The highest BCUT2D eigenvalue weighted by molar-refractivity contribution is 5.53. The van der Waals surface area contributed by atoms with Crippen molar-refractivity contribution >= 4 is 5.69 Å². The van der Waals surface area contributed by atoms with Crippen molar-refractivity contribution in [3.8, 4) is 11.5 Å². The fraction of sp³-hybridized carbons (Fsp3) is 0.429. The number of phenols is 1. The zero-order valence-electron chi connectivity index (χ0n) is 17.0. The van der Waals surface area contributed by atoms with E-state index in [0.717, 1.165) is 24.8 Å². The standard InChI is InChI=1S/C21H26F3NO4/c1-13(2)7-5-8-14(3)9-6-10-15(4)11-12-29-21-17(23)16(22)19(25(27)28)20(26)18(21)24/h7,9,11,26H,5-6,8,10,12H2,1-4H3/b14-9+,15-11+. The third-order valence-corrected chi connectivity index (χ3v) is 4.20. The molecule has 0 fully saturated rings. The van der Waals surface area contributed by atoms with Gasteiger partial charge in [0.15, 0.2) is 5.75 Å². The molecule has 8 heteroatoms. The Balaban J connectivity index is 2.67. The molecule has 0 unspecified atom stereocenters. The van der Waals surface area contributed by atoms with E-state index in [1.807, 2.05) is 6.92 Å². The summed E-state index contributed by atoms with van der Waals surface area (Å²) in [7, 11) is 0. The Hall–Kier alpha value is -2.77. The number of benzene rings is 1. The second-order valence-corrected chi connectivity index (χ2v) is 7.00. The average molecular weight is 413 g/mol. The minimum absolute atomic E-state index is 0.278. The number of phenolic OH excluding ortho intramolecular Hbond substituents is 1. The predicted octanol–water partition coefficient (Wildman–Crippen LogP) is 6.52. The summed E-state index contributed by atoms with van der Waals surface area (Å²) >= 11 is 0. The molecule has 0 radical (unpaired) electrons. The number of allylic oxidation sites excluding steroid dienone is 5. The van der Waals surface area contributed by atoms with Crippen LogP contribution in [0.15, 0.2) is 34.9 Å². The van der Waals surface area contributed by atoms with Gasteiger partial charge in [-0.15, -0.1) is 0 Å². The Morgan fingerprint density at radius 1 is 0.966 bits per heavy atom. The highest BCUT2D eigenvalue weighted by atomic mass is 19.2. The van der Waals surface area contributed by atoms with E-state index in [-0.39, 0.29) is 6.61 Å². The van der Waals surface area contributed by atoms with Gasteiger partial charge in [-0.25, -0.2) is 0 Å². The molecule has 5 nitrogen and oxygen atoms in total. The normalized spacial score (nSPS) is 12.1. The van der Waals surface area contributed by atoms with E-state index in [1.54, 1.807) is 6.08 Å². The summed E-state index contributed by atoms with van der Waals surface area (Å²) < 4.78 is 46.3. The molecule has 0 saturated carbocycles. The number of nitro groups is 1. The molecule has 0 aliphatic heterocycles.